The summed E-state index contributed by atoms with van der Waals surface area (Å²) >= 11 is 6.09. The van der Waals surface area contributed by atoms with E-state index in [0.29, 0.717) is 5.15 Å². The Morgan fingerprint density at radius 1 is 0.711 bits per heavy atom. The van der Waals surface area contributed by atoms with Crippen LogP contribution in [0, 0.1) is 0 Å². The van der Waals surface area contributed by atoms with Gasteiger partial charge >= 0.3 is 0 Å². The lowest BCUT2D eigenvalue weighted by Crippen LogP contribution is -2.24. The Balaban J connectivity index is 1.60. The van der Waals surface area contributed by atoms with Gasteiger partial charge in [0.15, 0.2) is 0 Å². The summed E-state index contributed by atoms with van der Waals surface area (Å²) in [5.74, 6) is 1.03. The number of unbranched alkanes of at least 4 members (excludes halogenated alkanes) is 1. The van der Waals surface area contributed by atoms with E-state index in [2.05, 4.69) is 118 Å². The summed E-state index contributed by atoms with van der Waals surface area (Å²) in [5, 5.41) is 0.514. The first kappa shape index (κ1) is 25.9. The molecule has 0 unspecified atom stereocenters. The average molecular weight is 521 g/mol. The van der Waals surface area contributed by atoms with Crippen molar-refractivity contribution in [1.29, 1.82) is 0 Å². The van der Waals surface area contributed by atoms with Crippen LogP contribution in [-0.4, -0.2) is 19.4 Å². The molecule has 0 aliphatic heterocycles. The number of benzene rings is 3. The number of aromatic nitrogens is 3. The molecule has 0 spiro atoms. The van der Waals surface area contributed by atoms with E-state index in [-0.39, 0.29) is 0 Å². The second-order valence-electron chi connectivity index (χ2n) is 9.59. The largest absolute Gasteiger partial charge is 0.326 e. The van der Waals surface area contributed by atoms with Crippen LogP contribution in [0.2, 0.25) is 5.15 Å². The zero-order valence-electron chi connectivity index (χ0n) is 21.8. The van der Waals surface area contributed by atoms with Gasteiger partial charge in [-0.2, -0.15) is 0 Å². The fourth-order valence-electron chi connectivity index (χ4n) is 4.82. The minimum atomic E-state index is 0.514. The molecule has 5 rings (SSSR count). The highest BCUT2D eigenvalue weighted by Gasteiger charge is 2.22. The highest BCUT2D eigenvalue weighted by molar-refractivity contribution is 6.29. The van der Waals surface area contributed by atoms with Gasteiger partial charge in [0, 0.05) is 43.5 Å². The lowest BCUT2D eigenvalue weighted by atomic mass is 10.1. The first-order valence-electron chi connectivity index (χ1n) is 13.3. The van der Waals surface area contributed by atoms with Gasteiger partial charge in [0.2, 0.25) is 0 Å². The van der Waals surface area contributed by atoms with Gasteiger partial charge in [-0.25, -0.2) is 9.97 Å². The number of imidazole rings is 1. The van der Waals surface area contributed by atoms with E-state index in [1.807, 2.05) is 12.3 Å². The van der Waals surface area contributed by atoms with Gasteiger partial charge in [-0.15, -0.1) is 0 Å². The first-order chi connectivity index (χ1) is 18.7. The van der Waals surface area contributed by atoms with Crippen LogP contribution in [0.1, 0.15) is 36.6 Å². The maximum atomic E-state index is 6.09. The Morgan fingerprint density at radius 2 is 1.34 bits per heavy atom. The van der Waals surface area contributed by atoms with Crippen LogP contribution in [0.5, 0.6) is 0 Å². The predicted molar refractivity (Wildman–Crippen MR) is 157 cm³/mol. The van der Waals surface area contributed by atoms with Crippen molar-refractivity contribution in [2.45, 2.75) is 45.9 Å². The molecule has 0 radical (unpaired) electrons. The Morgan fingerprint density at radius 3 is 1.97 bits per heavy atom. The summed E-state index contributed by atoms with van der Waals surface area (Å²) in [6, 6.07) is 35.7. The molecule has 5 aromatic rings. The fraction of sp³-hybridized carbons (Fsp3) is 0.212. The molecule has 0 atom stereocenters. The highest BCUT2D eigenvalue weighted by Crippen LogP contribution is 2.31. The Bertz CT molecular complexity index is 1420. The molecule has 3 aromatic carbocycles. The standard InChI is InChI=1S/C33H33ClN4/c1-2-3-21-38-30(32(28-15-9-5-10-16-28)36-33(38)29-17-11-6-12-18-29)25-37(23-26-13-7-4-8-14-26)24-27-19-20-31(34)35-22-27/h4-20,22H,2-3,21,23-25H2,1H3. The van der Waals surface area contributed by atoms with Crippen molar-refractivity contribution >= 4 is 11.6 Å². The number of hydrogen-bond acceptors (Lipinski definition) is 3. The third-order valence-corrected chi connectivity index (χ3v) is 6.93. The Hall–Kier alpha value is -3.73. The summed E-state index contributed by atoms with van der Waals surface area (Å²) in [4.78, 5) is 12.1. The van der Waals surface area contributed by atoms with Gasteiger partial charge in [-0.1, -0.05) is 122 Å². The molecule has 5 heteroatoms. The van der Waals surface area contributed by atoms with Crippen molar-refractivity contribution in [2.75, 3.05) is 0 Å². The molecule has 0 aliphatic rings. The first-order valence-corrected chi connectivity index (χ1v) is 13.7. The van der Waals surface area contributed by atoms with Crippen LogP contribution in [0.3, 0.4) is 0 Å². The molecule has 0 amide bonds. The number of hydrogen-bond donors (Lipinski definition) is 0. The molecule has 38 heavy (non-hydrogen) atoms. The van der Waals surface area contributed by atoms with Crippen LogP contribution < -0.4 is 0 Å². The van der Waals surface area contributed by atoms with Gasteiger partial charge in [0.05, 0.1) is 11.4 Å². The van der Waals surface area contributed by atoms with Crippen molar-refractivity contribution in [1.82, 2.24) is 19.4 Å². The summed E-state index contributed by atoms with van der Waals surface area (Å²) in [6.07, 6.45) is 4.09. The second kappa shape index (κ2) is 12.7. The van der Waals surface area contributed by atoms with Crippen molar-refractivity contribution in [3.63, 3.8) is 0 Å². The number of pyridine rings is 1. The van der Waals surface area contributed by atoms with Crippen molar-refractivity contribution in [3.05, 3.63) is 131 Å². The van der Waals surface area contributed by atoms with E-state index in [4.69, 9.17) is 16.6 Å². The number of nitrogens with zero attached hydrogens (tertiary/aromatic N) is 4. The second-order valence-corrected chi connectivity index (χ2v) is 9.98. The Kier molecular flexibility index (Phi) is 8.64. The molecule has 0 bridgehead atoms. The van der Waals surface area contributed by atoms with Crippen molar-refractivity contribution in [3.8, 4) is 22.6 Å². The monoisotopic (exact) mass is 520 g/mol. The summed E-state index contributed by atoms with van der Waals surface area (Å²) in [6.45, 7) is 5.50. The maximum absolute atomic E-state index is 6.09. The van der Waals surface area contributed by atoms with Crippen LogP contribution in [0.25, 0.3) is 22.6 Å². The quantitative estimate of drug-likeness (QED) is 0.164. The van der Waals surface area contributed by atoms with Gasteiger partial charge in [0.25, 0.3) is 0 Å². The molecule has 0 saturated heterocycles. The number of rotatable bonds is 11. The molecule has 2 aromatic heterocycles. The third-order valence-electron chi connectivity index (χ3n) is 6.70. The van der Waals surface area contributed by atoms with Gasteiger partial charge in [-0.05, 0) is 23.6 Å². The smallest absolute Gasteiger partial charge is 0.140 e. The van der Waals surface area contributed by atoms with E-state index >= 15 is 0 Å². The molecular formula is C33H33ClN4. The van der Waals surface area contributed by atoms with Gasteiger partial charge < -0.3 is 4.57 Å². The normalized spacial score (nSPS) is 11.2. The highest BCUT2D eigenvalue weighted by atomic mass is 35.5. The molecule has 192 valence electrons. The summed E-state index contributed by atoms with van der Waals surface area (Å²) in [5.41, 5.74) is 6.98. The summed E-state index contributed by atoms with van der Waals surface area (Å²) < 4.78 is 2.44. The van der Waals surface area contributed by atoms with Gasteiger partial charge in [0.1, 0.15) is 11.0 Å². The zero-order valence-corrected chi connectivity index (χ0v) is 22.6. The SMILES string of the molecule is CCCCn1c(-c2ccccc2)nc(-c2ccccc2)c1CN(Cc1ccccc1)Cc1ccc(Cl)nc1. The lowest BCUT2D eigenvalue weighted by molar-refractivity contribution is 0.241. The predicted octanol–water partition coefficient (Wildman–Crippen LogP) is 8.27. The Labute approximate surface area is 230 Å². The van der Waals surface area contributed by atoms with Gasteiger partial charge in [-0.3, -0.25) is 4.90 Å². The minimum absolute atomic E-state index is 0.514. The zero-order chi connectivity index (χ0) is 26.2. The van der Waals surface area contributed by atoms with Crippen LogP contribution in [0.4, 0.5) is 0 Å². The number of halogens is 1. The molecule has 0 aliphatic carbocycles. The average Bonchev–Trinajstić information content (AvgIpc) is 3.32. The maximum Gasteiger partial charge on any atom is 0.140 e. The van der Waals surface area contributed by atoms with E-state index in [1.54, 1.807) is 0 Å². The van der Waals surface area contributed by atoms with Crippen molar-refractivity contribution in [2.24, 2.45) is 0 Å². The van der Waals surface area contributed by atoms with Crippen molar-refractivity contribution < 1.29 is 0 Å². The minimum Gasteiger partial charge on any atom is -0.326 e. The van der Waals surface area contributed by atoms with E-state index in [9.17, 15) is 0 Å². The lowest BCUT2D eigenvalue weighted by Gasteiger charge is -2.24. The van der Waals surface area contributed by atoms with E-state index < -0.39 is 0 Å². The molecule has 0 saturated carbocycles. The molecule has 0 fully saturated rings. The van der Waals surface area contributed by atoms with Crippen LogP contribution in [0.15, 0.2) is 109 Å². The topological polar surface area (TPSA) is 34.0 Å². The molecule has 2 heterocycles. The molecule has 0 N–H and O–H groups in total. The fourth-order valence-corrected chi connectivity index (χ4v) is 4.93. The molecule has 4 nitrogen and oxygen atoms in total. The third kappa shape index (κ3) is 6.39. The van der Waals surface area contributed by atoms with E-state index in [1.165, 1.54) is 11.3 Å². The van der Waals surface area contributed by atoms with Crippen LogP contribution in [-0.2, 0) is 26.2 Å². The summed E-state index contributed by atoms with van der Waals surface area (Å²) in [7, 11) is 0. The molecular weight excluding hydrogens is 488 g/mol. The van der Waals surface area contributed by atoms with E-state index in [0.717, 1.165) is 67.2 Å². The van der Waals surface area contributed by atoms with Crippen LogP contribution >= 0.6 is 11.6 Å².